The van der Waals surface area contributed by atoms with E-state index in [0.717, 1.165) is 10.0 Å². The normalized spacial score (nSPS) is 10.3. The van der Waals surface area contributed by atoms with Gasteiger partial charge in [-0.2, -0.15) is 0 Å². The van der Waals surface area contributed by atoms with Gasteiger partial charge in [0.25, 0.3) is 0 Å². The van der Waals surface area contributed by atoms with Crippen LogP contribution in [0, 0.1) is 0 Å². The quantitative estimate of drug-likeness (QED) is 0.835. The van der Waals surface area contributed by atoms with Gasteiger partial charge in [0, 0.05) is 23.6 Å². The largest absolute Gasteiger partial charge is 0.380 e. The summed E-state index contributed by atoms with van der Waals surface area (Å²) >= 11 is 3.36. The Morgan fingerprint density at radius 2 is 2.27 bits per heavy atom. The Kier molecular flexibility index (Phi) is 4.94. The highest BCUT2D eigenvalue weighted by Crippen LogP contribution is 2.18. The van der Waals surface area contributed by atoms with Crippen molar-refractivity contribution in [3.8, 4) is 0 Å². The van der Waals surface area contributed by atoms with Crippen LogP contribution in [0.4, 0.5) is 0 Å². The molecule has 15 heavy (non-hydrogen) atoms. The summed E-state index contributed by atoms with van der Waals surface area (Å²) in [6.07, 6.45) is 0.373. The number of ether oxygens (including phenoxy) is 1. The van der Waals surface area contributed by atoms with Crippen molar-refractivity contribution < 1.29 is 9.53 Å². The molecule has 0 fully saturated rings. The van der Waals surface area contributed by atoms with Crippen molar-refractivity contribution in [1.29, 1.82) is 0 Å². The van der Waals surface area contributed by atoms with Crippen LogP contribution in [-0.2, 0) is 11.3 Å². The van der Waals surface area contributed by atoms with E-state index in [2.05, 4.69) is 15.9 Å². The first-order valence-electron chi connectivity index (χ1n) is 4.69. The summed E-state index contributed by atoms with van der Waals surface area (Å²) in [6, 6.07) is 5.55. The Hall–Kier alpha value is -0.710. The van der Waals surface area contributed by atoms with Crippen LogP contribution in [-0.4, -0.2) is 19.4 Å². The molecule has 0 unspecified atom stereocenters. The van der Waals surface area contributed by atoms with E-state index < -0.39 is 0 Å². The van der Waals surface area contributed by atoms with Crippen LogP contribution in [0.15, 0.2) is 22.7 Å². The molecule has 1 rings (SSSR count). The summed E-state index contributed by atoms with van der Waals surface area (Å²) in [5, 5.41) is 0. The van der Waals surface area contributed by atoms with E-state index in [0.29, 0.717) is 25.1 Å². The molecule has 2 N–H and O–H groups in total. The van der Waals surface area contributed by atoms with Gasteiger partial charge >= 0.3 is 0 Å². The average molecular weight is 272 g/mol. The summed E-state index contributed by atoms with van der Waals surface area (Å²) in [5.74, 6) is 0.0667. The number of nitrogens with two attached hydrogens (primary N) is 1. The van der Waals surface area contributed by atoms with Crippen LogP contribution in [0.2, 0.25) is 0 Å². The number of halogens is 1. The highest BCUT2D eigenvalue weighted by atomic mass is 79.9. The molecule has 0 radical (unpaired) electrons. The standard InChI is InChI=1S/C11H14BrNO2/c1-15-7-8-6-9(12)2-3-10(8)11(14)4-5-13/h2-3,6H,4-5,7,13H2,1H3. The Bertz CT molecular complexity index is 352. The Labute approximate surface area is 97.7 Å². The van der Waals surface area contributed by atoms with Gasteiger partial charge in [0.05, 0.1) is 6.61 Å². The lowest BCUT2D eigenvalue weighted by Gasteiger charge is -2.07. The fourth-order valence-electron chi connectivity index (χ4n) is 1.37. The van der Waals surface area contributed by atoms with Crippen molar-refractivity contribution in [3.05, 3.63) is 33.8 Å². The molecule has 0 aromatic heterocycles. The van der Waals surface area contributed by atoms with Crippen LogP contribution in [0.5, 0.6) is 0 Å². The topological polar surface area (TPSA) is 52.3 Å². The number of ketones is 1. The van der Waals surface area contributed by atoms with E-state index in [1.807, 2.05) is 12.1 Å². The first kappa shape index (κ1) is 12.4. The summed E-state index contributed by atoms with van der Waals surface area (Å²) in [4.78, 5) is 11.7. The van der Waals surface area contributed by atoms with E-state index in [4.69, 9.17) is 10.5 Å². The molecule has 1 aromatic carbocycles. The molecule has 0 amide bonds. The predicted molar refractivity (Wildman–Crippen MR) is 62.9 cm³/mol. The minimum atomic E-state index is 0.0667. The number of benzene rings is 1. The maximum atomic E-state index is 11.7. The fourth-order valence-corrected chi connectivity index (χ4v) is 1.78. The lowest BCUT2D eigenvalue weighted by molar-refractivity contribution is 0.0980. The summed E-state index contributed by atoms with van der Waals surface area (Å²) in [7, 11) is 1.61. The summed E-state index contributed by atoms with van der Waals surface area (Å²) in [6.45, 7) is 0.812. The summed E-state index contributed by atoms with van der Waals surface area (Å²) < 4.78 is 5.99. The third kappa shape index (κ3) is 3.41. The van der Waals surface area contributed by atoms with Gasteiger partial charge in [-0.1, -0.05) is 15.9 Å². The van der Waals surface area contributed by atoms with Gasteiger partial charge in [0.2, 0.25) is 0 Å². The van der Waals surface area contributed by atoms with Crippen LogP contribution >= 0.6 is 15.9 Å². The Morgan fingerprint density at radius 3 is 2.87 bits per heavy atom. The molecule has 3 nitrogen and oxygen atoms in total. The maximum absolute atomic E-state index is 11.7. The van der Waals surface area contributed by atoms with Gasteiger partial charge in [0.1, 0.15) is 0 Å². The zero-order valence-corrected chi connectivity index (χ0v) is 10.2. The van der Waals surface area contributed by atoms with Gasteiger partial charge < -0.3 is 10.5 Å². The smallest absolute Gasteiger partial charge is 0.164 e. The molecule has 0 atom stereocenters. The van der Waals surface area contributed by atoms with Gasteiger partial charge in [-0.3, -0.25) is 4.79 Å². The van der Waals surface area contributed by atoms with Gasteiger partial charge in [-0.25, -0.2) is 0 Å². The van der Waals surface area contributed by atoms with Crippen molar-refractivity contribution in [2.24, 2.45) is 5.73 Å². The van der Waals surface area contributed by atoms with Gasteiger partial charge in [-0.15, -0.1) is 0 Å². The van der Waals surface area contributed by atoms with Crippen molar-refractivity contribution >= 4 is 21.7 Å². The molecule has 0 spiro atoms. The maximum Gasteiger partial charge on any atom is 0.164 e. The molecule has 0 bridgehead atoms. The van der Waals surface area contributed by atoms with Gasteiger partial charge in [0.15, 0.2) is 5.78 Å². The lowest BCUT2D eigenvalue weighted by atomic mass is 10.0. The zero-order valence-electron chi connectivity index (χ0n) is 8.63. The second kappa shape index (κ2) is 6.00. The summed E-state index contributed by atoms with van der Waals surface area (Å²) in [5.41, 5.74) is 6.95. The van der Waals surface area contributed by atoms with Crippen molar-refractivity contribution in [2.75, 3.05) is 13.7 Å². The zero-order chi connectivity index (χ0) is 11.3. The first-order valence-corrected chi connectivity index (χ1v) is 5.49. The average Bonchev–Trinajstić information content (AvgIpc) is 2.18. The van der Waals surface area contributed by atoms with Crippen molar-refractivity contribution in [2.45, 2.75) is 13.0 Å². The molecule has 0 heterocycles. The SMILES string of the molecule is COCc1cc(Br)ccc1C(=O)CCN. The second-order valence-corrected chi connectivity index (χ2v) is 4.11. The van der Waals surface area contributed by atoms with Crippen molar-refractivity contribution in [3.63, 3.8) is 0 Å². The Balaban J connectivity index is 2.99. The number of methoxy groups -OCH3 is 1. The fraction of sp³-hybridized carbons (Fsp3) is 0.364. The molecule has 0 saturated carbocycles. The number of carbonyl (C=O) groups is 1. The molecule has 1 aromatic rings. The molecule has 0 aliphatic heterocycles. The molecule has 0 aliphatic rings. The van der Waals surface area contributed by atoms with Crippen molar-refractivity contribution in [1.82, 2.24) is 0 Å². The molecule has 0 aliphatic carbocycles. The molecule has 82 valence electrons. The molecule has 4 heteroatoms. The van der Waals surface area contributed by atoms with E-state index in [1.165, 1.54) is 0 Å². The minimum absolute atomic E-state index is 0.0667. The Morgan fingerprint density at radius 1 is 1.53 bits per heavy atom. The minimum Gasteiger partial charge on any atom is -0.380 e. The number of hydrogen-bond acceptors (Lipinski definition) is 3. The van der Waals surface area contributed by atoms with Crippen LogP contribution in [0.25, 0.3) is 0 Å². The number of carbonyl (C=O) groups excluding carboxylic acids is 1. The number of rotatable bonds is 5. The van der Waals surface area contributed by atoms with E-state index in [-0.39, 0.29) is 5.78 Å². The lowest BCUT2D eigenvalue weighted by Crippen LogP contribution is -2.10. The molecular formula is C11H14BrNO2. The van der Waals surface area contributed by atoms with E-state index in [1.54, 1.807) is 13.2 Å². The van der Waals surface area contributed by atoms with Crippen LogP contribution < -0.4 is 5.73 Å². The number of hydrogen-bond donors (Lipinski definition) is 1. The highest BCUT2D eigenvalue weighted by molar-refractivity contribution is 9.10. The molecular weight excluding hydrogens is 258 g/mol. The first-order chi connectivity index (χ1) is 7.19. The third-order valence-corrected chi connectivity index (χ3v) is 2.53. The second-order valence-electron chi connectivity index (χ2n) is 3.20. The molecule has 0 saturated heterocycles. The van der Waals surface area contributed by atoms with Crippen LogP contribution in [0.1, 0.15) is 22.3 Å². The highest BCUT2D eigenvalue weighted by Gasteiger charge is 2.10. The van der Waals surface area contributed by atoms with E-state index >= 15 is 0 Å². The predicted octanol–water partition coefficient (Wildman–Crippen LogP) is 2.13. The third-order valence-electron chi connectivity index (χ3n) is 2.04. The van der Waals surface area contributed by atoms with Gasteiger partial charge in [-0.05, 0) is 30.3 Å². The van der Waals surface area contributed by atoms with Crippen LogP contribution in [0.3, 0.4) is 0 Å². The number of Topliss-reactive ketones (excluding diaryl/α,β-unsaturated/α-hetero) is 1. The monoisotopic (exact) mass is 271 g/mol. The van der Waals surface area contributed by atoms with E-state index in [9.17, 15) is 4.79 Å².